The number of rotatable bonds is 6. The van der Waals surface area contributed by atoms with Crippen LogP contribution in [0, 0.1) is 5.82 Å². The lowest BCUT2D eigenvalue weighted by Gasteiger charge is -2.13. The monoisotopic (exact) mass is 425 g/mol. The van der Waals surface area contributed by atoms with Crippen LogP contribution in [0.2, 0.25) is 0 Å². The molecular weight excluding hydrogens is 405 g/mol. The molecule has 2 aromatic rings. The number of hydrogen-bond donors (Lipinski definition) is 2. The average molecular weight is 426 g/mol. The van der Waals surface area contributed by atoms with Crippen molar-refractivity contribution in [3.05, 3.63) is 53.8 Å². The lowest BCUT2D eigenvalue weighted by atomic mass is 10.2. The first-order valence-corrected chi connectivity index (χ1v) is 10.5. The third kappa shape index (κ3) is 5.31. The van der Waals surface area contributed by atoms with Crippen molar-refractivity contribution in [1.29, 1.82) is 0 Å². The largest absolute Gasteiger partial charge is 0.339 e. The van der Waals surface area contributed by atoms with Gasteiger partial charge in [-0.25, -0.2) is 17.5 Å². The third-order valence-electron chi connectivity index (χ3n) is 3.52. The van der Waals surface area contributed by atoms with Crippen LogP contribution < -0.4 is 10.0 Å². The number of anilines is 1. The van der Waals surface area contributed by atoms with Gasteiger partial charge in [0.1, 0.15) is 5.82 Å². The number of benzene rings is 2. The highest BCUT2D eigenvalue weighted by molar-refractivity contribution is 8.13. The molecule has 28 heavy (non-hydrogen) atoms. The molecule has 2 amide bonds. The number of para-hydroxylation sites is 1. The smallest absolute Gasteiger partial charge is 0.286 e. The normalized spacial score (nSPS) is 11.1. The Morgan fingerprint density at radius 1 is 1.14 bits per heavy atom. The molecule has 2 rings (SSSR count). The van der Waals surface area contributed by atoms with Gasteiger partial charge in [-0.2, -0.15) is 0 Å². The predicted octanol–water partition coefficient (Wildman–Crippen LogP) is 3.15. The van der Waals surface area contributed by atoms with Gasteiger partial charge < -0.3 is 10.2 Å². The number of amides is 2. The molecule has 0 spiro atoms. The van der Waals surface area contributed by atoms with Gasteiger partial charge >= 0.3 is 0 Å². The van der Waals surface area contributed by atoms with E-state index in [2.05, 4.69) is 10.0 Å². The van der Waals surface area contributed by atoms with Crippen LogP contribution in [0.5, 0.6) is 0 Å². The summed E-state index contributed by atoms with van der Waals surface area (Å²) in [6, 6.07) is 9.56. The van der Waals surface area contributed by atoms with Gasteiger partial charge in [0.2, 0.25) is 10.0 Å². The Morgan fingerprint density at radius 2 is 1.82 bits per heavy atom. The first-order valence-electron chi connectivity index (χ1n) is 8.24. The summed E-state index contributed by atoms with van der Waals surface area (Å²) in [7, 11) is -0.642. The lowest BCUT2D eigenvalue weighted by Crippen LogP contribution is -2.24. The van der Waals surface area contributed by atoms with Crippen molar-refractivity contribution in [1.82, 2.24) is 9.62 Å². The van der Waals surface area contributed by atoms with Gasteiger partial charge in [-0.15, -0.1) is 0 Å². The van der Waals surface area contributed by atoms with E-state index in [1.807, 2.05) is 0 Å². The number of nitrogens with zero attached hydrogens (tertiary/aromatic N) is 1. The van der Waals surface area contributed by atoms with Gasteiger partial charge in [0.15, 0.2) is 0 Å². The zero-order chi connectivity index (χ0) is 20.9. The second kappa shape index (κ2) is 9.18. The van der Waals surface area contributed by atoms with Crippen molar-refractivity contribution in [2.24, 2.45) is 0 Å². The summed E-state index contributed by atoms with van der Waals surface area (Å²) in [6.45, 7) is 1.77. The molecule has 0 aliphatic carbocycles. The van der Waals surface area contributed by atoms with Crippen molar-refractivity contribution in [3.63, 3.8) is 0 Å². The van der Waals surface area contributed by atoms with E-state index in [1.165, 1.54) is 4.90 Å². The molecular formula is C18H20FN3O4S2. The first-order chi connectivity index (χ1) is 13.2. The molecule has 10 heteroatoms. The van der Waals surface area contributed by atoms with Crippen LogP contribution in [0.4, 0.5) is 14.9 Å². The summed E-state index contributed by atoms with van der Waals surface area (Å²) >= 11 is 0.906. The Labute approximate surface area is 167 Å². The Kier molecular flexibility index (Phi) is 7.17. The van der Waals surface area contributed by atoms with E-state index in [9.17, 15) is 22.4 Å². The summed E-state index contributed by atoms with van der Waals surface area (Å²) in [5.41, 5.74) is -0.107. The van der Waals surface area contributed by atoms with Crippen LogP contribution in [-0.4, -0.2) is 45.1 Å². The van der Waals surface area contributed by atoms with Crippen molar-refractivity contribution in [2.75, 3.05) is 26.0 Å². The minimum absolute atomic E-state index is 0.158. The molecule has 0 heterocycles. The fourth-order valence-electron chi connectivity index (χ4n) is 2.15. The van der Waals surface area contributed by atoms with Crippen molar-refractivity contribution in [3.8, 4) is 0 Å². The molecule has 2 N–H and O–H groups in total. The van der Waals surface area contributed by atoms with Gasteiger partial charge in [0, 0.05) is 25.5 Å². The molecule has 0 unspecified atom stereocenters. The maximum atomic E-state index is 14.2. The summed E-state index contributed by atoms with van der Waals surface area (Å²) in [5.74, 6) is -1.68. The van der Waals surface area contributed by atoms with Crippen LogP contribution in [0.3, 0.4) is 0 Å². The summed E-state index contributed by atoms with van der Waals surface area (Å²) < 4.78 is 40.7. The van der Waals surface area contributed by atoms with E-state index < -0.39 is 27.3 Å². The molecule has 150 valence electrons. The highest BCUT2D eigenvalue weighted by Gasteiger charge is 2.20. The Hall–Kier alpha value is -2.43. The Balaban J connectivity index is 2.33. The van der Waals surface area contributed by atoms with Crippen LogP contribution in [0.15, 0.2) is 52.3 Å². The fraction of sp³-hybridized carbons (Fsp3) is 0.222. The molecule has 0 saturated carbocycles. The van der Waals surface area contributed by atoms with E-state index in [0.717, 1.165) is 30.0 Å². The van der Waals surface area contributed by atoms with E-state index in [0.29, 0.717) is 10.6 Å². The average Bonchev–Trinajstić information content (AvgIpc) is 2.63. The van der Waals surface area contributed by atoms with Gasteiger partial charge in [-0.05, 0) is 42.1 Å². The number of thioether (sulfide) groups is 1. The SMILES string of the molecule is CCNS(=O)(=O)c1ccc(F)c(C(=O)Nc2ccccc2SC(=O)N(C)C)c1. The number of carbonyl (C=O) groups excluding carboxylic acids is 2. The highest BCUT2D eigenvalue weighted by Crippen LogP contribution is 2.29. The lowest BCUT2D eigenvalue weighted by molar-refractivity contribution is 0.102. The van der Waals surface area contributed by atoms with Gasteiger partial charge in [0.25, 0.3) is 11.1 Å². The van der Waals surface area contributed by atoms with Crippen molar-refractivity contribution >= 4 is 38.6 Å². The zero-order valence-electron chi connectivity index (χ0n) is 15.5. The maximum Gasteiger partial charge on any atom is 0.286 e. The standard InChI is InChI=1S/C18H20FN3O4S2/c1-4-20-28(25,26)12-9-10-14(19)13(11-12)17(23)21-15-7-5-6-8-16(15)27-18(24)22(2)3/h5-11,20H,4H2,1-3H3,(H,21,23). The molecule has 0 aliphatic heterocycles. The molecule has 7 nitrogen and oxygen atoms in total. The van der Waals surface area contributed by atoms with Crippen molar-refractivity contribution < 1.29 is 22.4 Å². The Morgan fingerprint density at radius 3 is 2.46 bits per heavy atom. The van der Waals surface area contributed by atoms with Crippen LogP contribution in [-0.2, 0) is 10.0 Å². The van der Waals surface area contributed by atoms with Gasteiger partial charge in [-0.3, -0.25) is 9.59 Å². The zero-order valence-corrected chi connectivity index (χ0v) is 17.2. The minimum Gasteiger partial charge on any atom is -0.339 e. The van der Waals surface area contributed by atoms with Crippen LogP contribution in [0.25, 0.3) is 0 Å². The van der Waals surface area contributed by atoms with Gasteiger partial charge in [-0.1, -0.05) is 19.1 Å². The molecule has 0 fully saturated rings. The fourth-order valence-corrected chi connectivity index (χ4v) is 3.97. The molecule has 0 aromatic heterocycles. The molecule has 2 aromatic carbocycles. The first kappa shape index (κ1) is 21.9. The summed E-state index contributed by atoms with van der Waals surface area (Å²) in [4.78, 5) is 26.2. The van der Waals surface area contributed by atoms with E-state index in [-0.39, 0.29) is 16.7 Å². The van der Waals surface area contributed by atoms with E-state index in [1.54, 1.807) is 45.3 Å². The van der Waals surface area contributed by atoms with E-state index >= 15 is 0 Å². The van der Waals surface area contributed by atoms with Gasteiger partial charge in [0.05, 0.1) is 16.1 Å². The van der Waals surface area contributed by atoms with Crippen LogP contribution >= 0.6 is 11.8 Å². The van der Waals surface area contributed by atoms with Crippen molar-refractivity contribution in [2.45, 2.75) is 16.7 Å². The quantitative estimate of drug-likeness (QED) is 0.693. The highest BCUT2D eigenvalue weighted by atomic mass is 32.2. The predicted molar refractivity (Wildman–Crippen MR) is 107 cm³/mol. The molecule has 0 atom stereocenters. The second-order valence-corrected chi connectivity index (χ2v) is 8.62. The number of hydrogen-bond acceptors (Lipinski definition) is 5. The minimum atomic E-state index is -3.84. The number of nitrogens with one attached hydrogen (secondary N) is 2. The topological polar surface area (TPSA) is 95.6 Å². The van der Waals surface area contributed by atoms with Crippen LogP contribution in [0.1, 0.15) is 17.3 Å². The summed E-state index contributed by atoms with van der Waals surface area (Å²) in [6.07, 6.45) is 0. The number of halogens is 1. The third-order valence-corrected chi connectivity index (χ3v) is 6.18. The second-order valence-electron chi connectivity index (χ2n) is 5.86. The maximum absolute atomic E-state index is 14.2. The molecule has 0 radical (unpaired) electrons. The van der Waals surface area contributed by atoms with E-state index in [4.69, 9.17) is 0 Å². The molecule has 0 aliphatic rings. The summed E-state index contributed by atoms with van der Waals surface area (Å²) in [5, 5.41) is 2.29. The molecule has 0 saturated heterocycles. The number of sulfonamides is 1. The molecule has 0 bridgehead atoms. The number of carbonyl (C=O) groups is 2. The Bertz CT molecular complexity index is 994.